The van der Waals surface area contributed by atoms with Crippen molar-refractivity contribution in [2.45, 2.75) is 37.6 Å². The molecule has 3 N–H and O–H groups in total. The summed E-state index contributed by atoms with van der Waals surface area (Å²) >= 11 is 0. The van der Waals surface area contributed by atoms with Crippen molar-refractivity contribution in [3.8, 4) is 11.5 Å². The summed E-state index contributed by atoms with van der Waals surface area (Å²) in [6, 6.07) is 5.30. The van der Waals surface area contributed by atoms with Crippen LogP contribution in [-0.2, 0) is 9.59 Å². The number of ether oxygens (including phenoxy) is 2. The predicted octanol–water partition coefficient (Wildman–Crippen LogP) is 1.87. The van der Waals surface area contributed by atoms with Gasteiger partial charge in [0, 0.05) is 25.6 Å². The van der Waals surface area contributed by atoms with Crippen LogP contribution in [0.25, 0.3) is 0 Å². The first-order valence-electron chi connectivity index (χ1n) is 9.06. The molecule has 0 bridgehead atoms. The first-order chi connectivity index (χ1) is 12.5. The van der Waals surface area contributed by atoms with Gasteiger partial charge in [0.2, 0.25) is 11.8 Å². The molecule has 1 heterocycles. The minimum Gasteiger partial charge on any atom is -0.497 e. The number of hydrogen-bond acceptors (Lipinski definition) is 5. The zero-order valence-corrected chi connectivity index (χ0v) is 16.6. The average molecular weight is 398 g/mol. The van der Waals surface area contributed by atoms with Crippen LogP contribution in [-0.4, -0.2) is 44.7 Å². The van der Waals surface area contributed by atoms with Crippen molar-refractivity contribution in [2.24, 2.45) is 11.7 Å². The Morgan fingerprint density at radius 3 is 2.59 bits per heavy atom. The van der Waals surface area contributed by atoms with Crippen molar-refractivity contribution in [1.82, 2.24) is 5.32 Å². The summed E-state index contributed by atoms with van der Waals surface area (Å²) < 4.78 is 10.6. The topological polar surface area (TPSA) is 93.9 Å². The van der Waals surface area contributed by atoms with Gasteiger partial charge in [0.05, 0.1) is 31.4 Å². The third kappa shape index (κ3) is 4.30. The van der Waals surface area contributed by atoms with E-state index in [0.29, 0.717) is 30.3 Å². The summed E-state index contributed by atoms with van der Waals surface area (Å²) in [7, 11) is 3.13. The van der Waals surface area contributed by atoms with E-state index in [9.17, 15) is 9.59 Å². The summed E-state index contributed by atoms with van der Waals surface area (Å²) in [5.41, 5.74) is 6.26. The van der Waals surface area contributed by atoms with Gasteiger partial charge in [-0.3, -0.25) is 9.59 Å². The quantitative estimate of drug-likeness (QED) is 0.764. The van der Waals surface area contributed by atoms with Crippen molar-refractivity contribution in [3.63, 3.8) is 0 Å². The van der Waals surface area contributed by atoms with E-state index in [-0.39, 0.29) is 42.1 Å². The second-order valence-corrected chi connectivity index (χ2v) is 7.12. The maximum Gasteiger partial charge on any atom is 0.227 e. The molecule has 150 valence electrons. The molecule has 8 heteroatoms. The van der Waals surface area contributed by atoms with Crippen LogP contribution in [0.15, 0.2) is 18.2 Å². The lowest BCUT2D eigenvalue weighted by atomic mass is 9.96. The normalized spacial score (nSPS) is 20.9. The van der Waals surface area contributed by atoms with Gasteiger partial charge in [0.15, 0.2) is 0 Å². The number of hydrogen-bond donors (Lipinski definition) is 2. The SMILES string of the molecule is COc1ccc(N2CC(C(=O)NC3(CN)CCCC3)CC2=O)c(OC)c1.Cl. The van der Waals surface area contributed by atoms with Gasteiger partial charge in [-0.15, -0.1) is 12.4 Å². The molecule has 1 aliphatic carbocycles. The highest BCUT2D eigenvalue weighted by Crippen LogP contribution is 2.36. The van der Waals surface area contributed by atoms with Crippen LogP contribution < -0.4 is 25.4 Å². The van der Waals surface area contributed by atoms with Crippen LogP contribution in [0, 0.1) is 5.92 Å². The monoisotopic (exact) mass is 397 g/mol. The van der Waals surface area contributed by atoms with Crippen molar-refractivity contribution in [2.75, 3.05) is 32.2 Å². The van der Waals surface area contributed by atoms with E-state index in [1.807, 2.05) is 0 Å². The molecule has 1 atom stereocenters. The molecule has 0 aromatic heterocycles. The number of carbonyl (C=O) groups is 2. The van der Waals surface area contributed by atoms with Crippen molar-refractivity contribution < 1.29 is 19.1 Å². The summed E-state index contributed by atoms with van der Waals surface area (Å²) in [5.74, 6) is 0.659. The molecule has 0 radical (unpaired) electrons. The third-order valence-electron chi connectivity index (χ3n) is 5.51. The minimum absolute atomic E-state index is 0. The molecule has 3 rings (SSSR count). The number of methoxy groups -OCH3 is 2. The molecule has 0 spiro atoms. The number of amides is 2. The standard InChI is InChI=1S/C19H27N3O4.ClH/c1-25-14-5-6-15(16(10-14)26-2)22-11-13(9-17(22)23)18(24)21-19(12-20)7-3-4-8-19;/h5-6,10,13H,3-4,7-9,11-12,20H2,1-2H3,(H,21,24);1H. The van der Waals surface area contributed by atoms with E-state index in [1.165, 1.54) is 0 Å². The maximum absolute atomic E-state index is 12.7. The second kappa shape index (κ2) is 8.80. The van der Waals surface area contributed by atoms with E-state index >= 15 is 0 Å². The van der Waals surface area contributed by atoms with Crippen LogP contribution >= 0.6 is 12.4 Å². The summed E-state index contributed by atoms with van der Waals surface area (Å²) in [5, 5.41) is 3.13. The number of benzene rings is 1. The number of halogens is 1. The Labute approximate surface area is 166 Å². The number of rotatable bonds is 6. The molecule has 1 aromatic rings. The lowest BCUT2D eigenvalue weighted by Crippen LogP contribution is -2.53. The maximum atomic E-state index is 12.7. The molecule has 2 aliphatic rings. The van der Waals surface area contributed by atoms with Gasteiger partial charge < -0.3 is 25.4 Å². The Bertz CT molecular complexity index is 692. The second-order valence-electron chi connectivity index (χ2n) is 7.12. The molecule has 1 aliphatic heterocycles. The van der Waals surface area contributed by atoms with Crippen LogP contribution in [0.1, 0.15) is 32.1 Å². The highest BCUT2D eigenvalue weighted by molar-refractivity contribution is 6.01. The van der Waals surface area contributed by atoms with Gasteiger partial charge in [-0.2, -0.15) is 0 Å². The van der Waals surface area contributed by atoms with E-state index in [4.69, 9.17) is 15.2 Å². The molecular weight excluding hydrogens is 370 g/mol. The van der Waals surface area contributed by atoms with E-state index < -0.39 is 0 Å². The minimum atomic E-state index is -0.377. The van der Waals surface area contributed by atoms with E-state index in [2.05, 4.69) is 5.32 Å². The van der Waals surface area contributed by atoms with Gasteiger partial charge in [-0.1, -0.05) is 12.8 Å². The highest BCUT2D eigenvalue weighted by atomic mass is 35.5. The summed E-state index contributed by atoms with van der Waals surface area (Å²) in [6.45, 7) is 0.781. The van der Waals surface area contributed by atoms with Crippen LogP contribution in [0.2, 0.25) is 0 Å². The zero-order valence-electron chi connectivity index (χ0n) is 15.8. The Balaban J connectivity index is 0.00000261. The van der Waals surface area contributed by atoms with Gasteiger partial charge in [-0.25, -0.2) is 0 Å². The molecule has 2 fully saturated rings. The lowest BCUT2D eigenvalue weighted by molar-refractivity contribution is -0.127. The highest BCUT2D eigenvalue weighted by Gasteiger charge is 2.40. The largest absolute Gasteiger partial charge is 0.497 e. The fourth-order valence-electron chi connectivity index (χ4n) is 3.92. The van der Waals surface area contributed by atoms with Crippen LogP contribution in [0.5, 0.6) is 11.5 Å². The van der Waals surface area contributed by atoms with Crippen molar-refractivity contribution in [1.29, 1.82) is 0 Å². The first kappa shape index (κ1) is 21.3. The smallest absolute Gasteiger partial charge is 0.227 e. The molecule has 7 nitrogen and oxygen atoms in total. The fourth-order valence-corrected chi connectivity index (χ4v) is 3.92. The number of anilines is 1. The zero-order chi connectivity index (χ0) is 18.7. The van der Waals surface area contributed by atoms with E-state index in [1.54, 1.807) is 37.3 Å². The Morgan fingerprint density at radius 2 is 2.00 bits per heavy atom. The first-order valence-corrected chi connectivity index (χ1v) is 9.06. The van der Waals surface area contributed by atoms with Crippen molar-refractivity contribution >= 4 is 29.9 Å². The van der Waals surface area contributed by atoms with Gasteiger partial charge in [0.25, 0.3) is 0 Å². The Morgan fingerprint density at radius 1 is 1.30 bits per heavy atom. The predicted molar refractivity (Wildman–Crippen MR) is 106 cm³/mol. The van der Waals surface area contributed by atoms with Gasteiger partial charge >= 0.3 is 0 Å². The molecule has 2 amide bonds. The molecule has 27 heavy (non-hydrogen) atoms. The third-order valence-corrected chi connectivity index (χ3v) is 5.51. The molecule has 1 saturated heterocycles. The Hall–Kier alpha value is -1.99. The van der Waals surface area contributed by atoms with Crippen molar-refractivity contribution in [3.05, 3.63) is 18.2 Å². The van der Waals surface area contributed by atoms with Gasteiger partial charge in [-0.05, 0) is 25.0 Å². The fraction of sp³-hybridized carbons (Fsp3) is 0.579. The van der Waals surface area contributed by atoms with Gasteiger partial charge in [0.1, 0.15) is 11.5 Å². The van der Waals surface area contributed by atoms with Crippen LogP contribution in [0.4, 0.5) is 5.69 Å². The lowest BCUT2D eigenvalue weighted by Gasteiger charge is -2.30. The molecule has 1 unspecified atom stereocenters. The van der Waals surface area contributed by atoms with E-state index in [0.717, 1.165) is 25.7 Å². The average Bonchev–Trinajstić information content (AvgIpc) is 3.28. The Kier molecular flexibility index (Phi) is 6.95. The number of nitrogens with two attached hydrogens (primary N) is 1. The molecule has 1 saturated carbocycles. The number of nitrogens with zero attached hydrogens (tertiary/aromatic N) is 1. The summed E-state index contributed by atoms with van der Waals surface area (Å²) in [4.78, 5) is 26.9. The molecule has 1 aromatic carbocycles. The molecular formula is C19H28ClN3O4. The summed E-state index contributed by atoms with van der Waals surface area (Å²) in [6.07, 6.45) is 4.17. The number of nitrogens with one attached hydrogen (secondary N) is 1. The van der Waals surface area contributed by atoms with Crippen LogP contribution in [0.3, 0.4) is 0 Å². The number of carbonyl (C=O) groups excluding carboxylic acids is 2.